The van der Waals surface area contributed by atoms with Gasteiger partial charge in [0.05, 0.1) is 6.10 Å². The average molecular weight is 332 g/mol. The molecule has 0 saturated carbocycles. The van der Waals surface area contributed by atoms with E-state index in [9.17, 15) is 9.90 Å². The number of nitrogens with zero attached hydrogens (tertiary/aromatic N) is 1. The number of aliphatic hydroxyl groups is 1. The van der Waals surface area contributed by atoms with Crippen LogP contribution in [0.3, 0.4) is 0 Å². The number of carbonyl (C=O) groups is 1. The zero-order valence-corrected chi connectivity index (χ0v) is 12.8. The van der Waals surface area contributed by atoms with Gasteiger partial charge >= 0.3 is 0 Å². The number of aryl methyl sites for hydroxylation is 1. The molecule has 1 aromatic rings. The molecule has 5 heteroatoms. The topological polar surface area (TPSA) is 40.5 Å². The van der Waals surface area contributed by atoms with E-state index in [4.69, 9.17) is 0 Å². The quantitative estimate of drug-likeness (QED) is 0.921. The Morgan fingerprint density at radius 2 is 2.50 bits per heavy atom. The third kappa shape index (κ3) is 3.56. The highest BCUT2D eigenvalue weighted by molar-refractivity contribution is 9.10. The summed E-state index contributed by atoms with van der Waals surface area (Å²) in [6.45, 7) is 3.31. The highest BCUT2D eigenvalue weighted by Gasteiger charge is 2.28. The van der Waals surface area contributed by atoms with Crippen molar-refractivity contribution in [3.8, 4) is 0 Å². The van der Waals surface area contributed by atoms with Crippen LogP contribution in [0.2, 0.25) is 0 Å². The molecule has 2 unspecified atom stereocenters. The first kappa shape index (κ1) is 14.0. The predicted molar refractivity (Wildman–Crippen MR) is 76.7 cm³/mol. The molecule has 1 aromatic heterocycles. The molecule has 2 heterocycles. The standard InChI is InChI=1S/C13H18BrNO2S/c1-9(16)10-4-5-15(7-10)13(17)3-2-12-6-11(14)8-18-12/h6,8-10,16H,2-5,7H2,1H3. The molecule has 1 amide bonds. The third-order valence-corrected chi connectivity index (χ3v) is 5.22. The number of halogens is 1. The van der Waals surface area contributed by atoms with E-state index in [1.165, 1.54) is 4.88 Å². The minimum atomic E-state index is -0.309. The molecular weight excluding hydrogens is 314 g/mol. The van der Waals surface area contributed by atoms with Gasteiger partial charge in [-0.2, -0.15) is 0 Å². The number of hydrogen-bond acceptors (Lipinski definition) is 3. The fourth-order valence-corrected chi connectivity index (χ4v) is 3.74. The second-order valence-corrected chi connectivity index (χ2v) is 6.77. The van der Waals surface area contributed by atoms with Gasteiger partial charge in [-0.15, -0.1) is 11.3 Å². The molecule has 1 aliphatic rings. The Labute approximate surface area is 120 Å². The van der Waals surface area contributed by atoms with Crippen molar-refractivity contribution in [3.63, 3.8) is 0 Å². The van der Waals surface area contributed by atoms with Gasteiger partial charge in [0.15, 0.2) is 0 Å². The molecular formula is C13H18BrNO2S. The number of amides is 1. The maximum atomic E-state index is 12.0. The number of rotatable bonds is 4. The van der Waals surface area contributed by atoms with E-state index >= 15 is 0 Å². The van der Waals surface area contributed by atoms with Crippen LogP contribution in [0.1, 0.15) is 24.6 Å². The minimum Gasteiger partial charge on any atom is -0.393 e. The summed E-state index contributed by atoms with van der Waals surface area (Å²) < 4.78 is 1.09. The first-order valence-corrected chi connectivity index (χ1v) is 7.92. The van der Waals surface area contributed by atoms with Crippen LogP contribution in [0.5, 0.6) is 0 Å². The van der Waals surface area contributed by atoms with Crippen LogP contribution in [0.4, 0.5) is 0 Å². The molecule has 1 aliphatic heterocycles. The largest absolute Gasteiger partial charge is 0.393 e. The first-order valence-electron chi connectivity index (χ1n) is 6.25. The lowest BCUT2D eigenvalue weighted by Gasteiger charge is -2.17. The molecule has 3 nitrogen and oxygen atoms in total. The monoisotopic (exact) mass is 331 g/mol. The van der Waals surface area contributed by atoms with Crippen molar-refractivity contribution in [1.29, 1.82) is 0 Å². The Morgan fingerprint density at radius 3 is 3.06 bits per heavy atom. The normalized spacial score (nSPS) is 21.3. The Balaban J connectivity index is 1.79. The summed E-state index contributed by atoms with van der Waals surface area (Å²) >= 11 is 5.10. The molecule has 2 atom stereocenters. The van der Waals surface area contributed by atoms with E-state index in [-0.39, 0.29) is 17.9 Å². The summed E-state index contributed by atoms with van der Waals surface area (Å²) in [6.07, 6.45) is 1.99. The summed E-state index contributed by atoms with van der Waals surface area (Å²) in [7, 11) is 0. The van der Waals surface area contributed by atoms with Crippen LogP contribution >= 0.6 is 27.3 Å². The van der Waals surface area contributed by atoms with Crippen molar-refractivity contribution >= 4 is 33.2 Å². The number of aliphatic hydroxyl groups excluding tert-OH is 1. The Hall–Kier alpha value is -0.390. The van der Waals surface area contributed by atoms with Crippen molar-refractivity contribution in [2.75, 3.05) is 13.1 Å². The highest BCUT2D eigenvalue weighted by Crippen LogP contribution is 2.23. The van der Waals surface area contributed by atoms with Crippen LogP contribution in [-0.4, -0.2) is 35.1 Å². The molecule has 0 bridgehead atoms. The van der Waals surface area contributed by atoms with Crippen LogP contribution in [0.15, 0.2) is 15.9 Å². The summed E-state index contributed by atoms with van der Waals surface area (Å²) in [5.74, 6) is 0.465. The second-order valence-electron chi connectivity index (χ2n) is 4.86. The van der Waals surface area contributed by atoms with Crippen molar-refractivity contribution < 1.29 is 9.90 Å². The Kier molecular flexibility index (Phi) is 4.81. The van der Waals surface area contributed by atoms with Crippen molar-refractivity contribution in [2.24, 2.45) is 5.92 Å². The predicted octanol–water partition coefficient (Wildman–Crippen LogP) is 2.67. The van der Waals surface area contributed by atoms with Gasteiger partial charge in [0.25, 0.3) is 0 Å². The molecule has 0 spiro atoms. The van der Waals surface area contributed by atoms with Crippen LogP contribution in [0.25, 0.3) is 0 Å². The van der Waals surface area contributed by atoms with Crippen LogP contribution < -0.4 is 0 Å². The van der Waals surface area contributed by atoms with Gasteiger partial charge in [-0.1, -0.05) is 0 Å². The number of hydrogen-bond donors (Lipinski definition) is 1. The molecule has 18 heavy (non-hydrogen) atoms. The maximum Gasteiger partial charge on any atom is 0.222 e. The number of likely N-dealkylation sites (tertiary alicyclic amines) is 1. The fourth-order valence-electron chi connectivity index (χ4n) is 2.28. The van der Waals surface area contributed by atoms with E-state index in [1.54, 1.807) is 11.3 Å². The average Bonchev–Trinajstić information content (AvgIpc) is 2.94. The molecule has 2 rings (SSSR count). The molecule has 100 valence electrons. The van der Waals surface area contributed by atoms with Crippen LogP contribution in [0, 0.1) is 5.92 Å². The molecule has 1 N–H and O–H groups in total. The Bertz CT molecular complexity index is 419. The lowest BCUT2D eigenvalue weighted by molar-refractivity contribution is -0.130. The van der Waals surface area contributed by atoms with Crippen molar-refractivity contribution in [1.82, 2.24) is 4.90 Å². The molecule has 0 aliphatic carbocycles. The van der Waals surface area contributed by atoms with Gasteiger partial charge in [0, 0.05) is 40.2 Å². The first-order chi connectivity index (χ1) is 8.56. The third-order valence-electron chi connectivity index (χ3n) is 3.47. The minimum absolute atomic E-state index is 0.211. The Morgan fingerprint density at radius 1 is 1.72 bits per heavy atom. The van der Waals surface area contributed by atoms with Crippen molar-refractivity contribution in [2.45, 2.75) is 32.3 Å². The summed E-state index contributed by atoms with van der Waals surface area (Å²) in [6, 6.07) is 2.07. The smallest absolute Gasteiger partial charge is 0.222 e. The number of carbonyl (C=O) groups excluding carboxylic acids is 1. The lowest BCUT2D eigenvalue weighted by Crippen LogP contribution is -2.30. The summed E-state index contributed by atoms with van der Waals surface area (Å²) in [5.41, 5.74) is 0. The summed E-state index contributed by atoms with van der Waals surface area (Å²) in [4.78, 5) is 15.2. The second kappa shape index (κ2) is 6.17. The van der Waals surface area contributed by atoms with E-state index in [0.29, 0.717) is 13.0 Å². The van der Waals surface area contributed by atoms with Gasteiger partial charge in [0.2, 0.25) is 5.91 Å². The molecule has 0 radical (unpaired) electrons. The zero-order valence-electron chi connectivity index (χ0n) is 10.4. The van der Waals surface area contributed by atoms with Crippen LogP contribution in [-0.2, 0) is 11.2 Å². The molecule has 1 fully saturated rings. The molecule has 0 aromatic carbocycles. The molecule has 1 saturated heterocycles. The highest BCUT2D eigenvalue weighted by atomic mass is 79.9. The van der Waals surface area contributed by atoms with E-state index in [2.05, 4.69) is 22.0 Å². The van der Waals surface area contributed by atoms with Gasteiger partial charge in [0.1, 0.15) is 0 Å². The van der Waals surface area contributed by atoms with Gasteiger partial charge in [-0.3, -0.25) is 4.79 Å². The van der Waals surface area contributed by atoms with E-state index < -0.39 is 0 Å². The van der Waals surface area contributed by atoms with Gasteiger partial charge in [-0.05, 0) is 41.8 Å². The van der Waals surface area contributed by atoms with Crippen molar-refractivity contribution in [3.05, 3.63) is 20.8 Å². The fraction of sp³-hybridized carbons (Fsp3) is 0.615. The van der Waals surface area contributed by atoms with E-state index in [1.807, 2.05) is 17.2 Å². The summed E-state index contributed by atoms with van der Waals surface area (Å²) in [5, 5.41) is 11.6. The van der Waals surface area contributed by atoms with Gasteiger partial charge in [-0.25, -0.2) is 0 Å². The van der Waals surface area contributed by atoms with E-state index in [0.717, 1.165) is 23.9 Å². The number of thiophene rings is 1. The lowest BCUT2D eigenvalue weighted by atomic mass is 10.0. The zero-order chi connectivity index (χ0) is 13.1. The maximum absolute atomic E-state index is 12.0. The SMILES string of the molecule is CC(O)C1CCN(C(=O)CCc2cc(Br)cs2)C1. The van der Waals surface area contributed by atoms with Gasteiger partial charge < -0.3 is 10.0 Å².